The summed E-state index contributed by atoms with van der Waals surface area (Å²) in [5.41, 5.74) is 0. The number of rotatable bonds is 4. The first-order valence-corrected chi connectivity index (χ1v) is 7.57. The third-order valence-electron chi connectivity index (χ3n) is 3.16. The Kier molecular flexibility index (Phi) is 4.82. The van der Waals surface area contributed by atoms with Crippen LogP contribution in [0.25, 0.3) is 0 Å². The van der Waals surface area contributed by atoms with E-state index in [0.29, 0.717) is 6.04 Å². The fraction of sp³-hybridized carbons (Fsp3) is 0.667. The molecule has 2 nitrogen and oxygen atoms in total. The van der Waals surface area contributed by atoms with E-state index in [0.717, 1.165) is 4.47 Å². The second-order valence-electron chi connectivity index (χ2n) is 4.40. The monoisotopic (exact) mass is 303 g/mol. The summed E-state index contributed by atoms with van der Waals surface area (Å²) in [5, 5.41) is 15.1. The van der Waals surface area contributed by atoms with Gasteiger partial charge >= 0.3 is 0 Å². The van der Waals surface area contributed by atoms with Crippen molar-refractivity contribution in [3.8, 4) is 0 Å². The predicted octanol–water partition coefficient (Wildman–Crippen LogP) is 3.47. The summed E-state index contributed by atoms with van der Waals surface area (Å²) >= 11 is 5.16. The Balaban J connectivity index is 1.94. The van der Waals surface area contributed by atoms with Gasteiger partial charge in [0.25, 0.3) is 0 Å². The molecule has 0 aromatic carbocycles. The van der Waals surface area contributed by atoms with E-state index in [1.807, 2.05) is 0 Å². The number of thiophene rings is 1. The van der Waals surface area contributed by atoms with Crippen molar-refractivity contribution >= 4 is 27.3 Å². The number of hydrogen-bond donors (Lipinski definition) is 2. The van der Waals surface area contributed by atoms with Gasteiger partial charge in [-0.3, -0.25) is 0 Å². The first-order chi connectivity index (χ1) is 7.79. The minimum absolute atomic E-state index is 0.111. The van der Waals surface area contributed by atoms with E-state index in [1.54, 1.807) is 11.3 Å². The van der Waals surface area contributed by atoms with Crippen LogP contribution in [0.3, 0.4) is 0 Å². The Morgan fingerprint density at radius 2 is 2.19 bits per heavy atom. The van der Waals surface area contributed by atoms with Crippen molar-refractivity contribution in [3.05, 3.63) is 20.8 Å². The van der Waals surface area contributed by atoms with Crippen molar-refractivity contribution < 1.29 is 5.11 Å². The number of halogens is 1. The smallest absolute Gasteiger partial charge is 0.0652 e. The number of hydrogen-bond acceptors (Lipinski definition) is 3. The van der Waals surface area contributed by atoms with E-state index in [-0.39, 0.29) is 12.6 Å². The van der Waals surface area contributed by atoms with Crippen LogP contribution in [0.1, 0.15) is 43.0 Å². The molecule has 1 saturated carbocycles. The van der Waals surface area contributed by atoms with Crippen LogP contribution in [0, 0.1) is 0 Å². The van der Waals surface area contributed by atoms with Gasteiger partial charge in [-0.25, -0.2) is 0 Å². The molecule has 0 spiro atoms. The quantitative estimate of drug-likeness (QED) is 0.893. The van der Waals surface area contributed by atoms with Crippen LogP contribution in [0.15, 0.2) is 15.9 Å². The second-order valence-corrected chi connectivity index (χ2v) is 6.26. The lowest BCUT2D eigenvalue weighted by Crippen LogP contribution is -2.35. The fourth-order valence-electron chi connectivity index (χ4n) is 2.29. The van der Waals surface area contributed by atoms with E-state index < -0.39 is 0 Å². The molecule has 1 heterocycles. The lowest BCUT2D eigenvalue weighted by Gasteiger charge is -2.27. The maximum absolute atomic E-state index is 9.45. The lowest BCUT2D eigenvalue weighted by atomic mass is 9.95. The van der Waals surface area contributed by atoms with Gasteiger partial charge in [0.15, 0.2) is 0 Å². The van der Waals surface area contributed by atoms with Gasteiger partial charge in [0.2, 0.25) is 0 Å². The maximum atomic E-state index is 9.45. The molecule has 1 aromatic heterocycles. The molecule has 2 N–H and O–H groups in total. The Morgan fingerprint density at radius 1 is 1.44 bits per heavy atom. The van der Waals surface area contributed by atoms with Crippen molar-refractivity contribution in [2.24, 2.45) is 0 Å². The van der Waals surface area contributed by atoms with Crippen LogP contribution in [-0.4, -0.2) is 17.8 Å². The van der Waals surface area contributed by atoms with Crippen molar-refractivity contribution in [2.45, 2.75) is 44.2 Å². The zero-order chi connectivity index (χ0) is 11.4. The number of nitrogens with one attached hydrogen (secondary N) is 1. The highest BCUT2D eigenvalue weighted by molar-refractivity contribution is 9.10. The predicted molar refractivity (Wildman–Crippen MR) is 71.9 cm³/mol. The van der Waals surface area contributed by atoms with E-state index in [1.165, 1.54) is 37.0 Å². The molecule has 1 fully saturated rings. The van der Waals surface area contributed by atoms with Gasteiger partial charge in [-0.2, -0.15) is 0 Å². The zero-order valence-electron chi connectivity index (χ0n) is 9.29. The molecule has 4 heteroatoms. The highest BCUT2D eigenvalue weighted by Gasteiger charge is 2.19. The van der Waals surface area contributed by atoms with Crippen LogP contribution in [0.4, 0.5) is 0 Å². The Morgan fingerprint density at radius 3 is 2.75 bits per heavy atom. The summed E-state index contributed by atoms with van der Waals surface area (Å²) in [7, 11) is 0. The highest BCUT2D eigenvalue weighted by atomic mass is 79.9. The molecule has 90 valence electrons. The topological polar surface area (TPSA) is 32.3 Å². The molecule has 2 rings (SSSR count). The highest BCUT2D eigenvalue weighted by Crippen LogP contribution is 2.27. The van der Waals surface area contributed by atoms with E-state index in [2.05, 4.69) is 32.7 Å². The summed E-state index contributed by atoms with van der Waals surface area (Å²) < 4.78 is 1.11. The molecular formula is C12H18BrNOS. The summed E-state index contributed by atoms with van der Waals surface area (Å²) in [4.78, 5) is 1.22. The van der Waals surface area contributed by atoms with Gasteiger partial charge in [0.05, 0.1) is 12.6 Å². The molecule has 0 saturated heterocycles. The molecule has 0 aliphatic heterocycles. The van der Waals surface area contributed by atoms with Crippen LogP contribution in [-0.2, 0) is 0 Å². The molecule has 0 bridgehead atoms. The van der Waals surface area contributed by atoms with E-state index >= 15 is 0 Å². The molecule has 1 atom stereocenters. The Bertz CT molecular complexity index is 323. The van der Waals surface area contributed by atoms with Gasteiger partial charge in [0.1, 0.15) is 0 Å². The minimum atomic E-state index is 0.111. The van der Waals surface area contributed by atoms with Gasteiger partial charge < -0.3 is 10.4 Å². The molecule has 1 aliphatic carbocycles. The average molecular weight is 304 g/mol. The Hall–Kier alpha value is 0.1000. The molecular weight excluding hydrogens is 286 g/mol. The molecule has 1 aromatic rings. The number of aliphatic hydroxyl groups is 1. The summed E-state index contributed by atoms with van der Waals surface area (Å²) in [5.74, 6) is 0. The van der Waals surface area contributed by atoms with Crippen LogP contribution in [0.2, 0.25) is 0 Å². The van der Waals surface area contributed by atoms with Crippen LogP contribution >= 0.6 is 27.3 Å². The lowest BCUT2D eigenvalue weighted by molar-refractivity contribution is 0.222. The first-order valence-electron chi connectivity index (χ1n) is 5.90. The SMILES string of the molecule is OCC(NC1CCCCC1)c1cc(Br)cs1. The van der Waals surface area contributed by atoms with Crippen molar-refractivity contribution in [3.63, 3.8) is 0 Å². The normalized spacial score (nSPS) is 19.9. The van der Waals surface area contributed by atoms with Gasteiger partial charge in [-0.05, 0) is 34.8 Å². The average Bonchev–Trinajstić information content (AvgIpc) is 2.74. The minimum Gasteiger partial charge on any atom is -0.394 e. The largest absolute Gasteiger partial charge is 0.394 e. The van der Waals surface area contributed by atoms with E-state index in [9.17, 15) is 5.11 Å². The van der Waals surface area contributed by atoms with Crippen molar-refractivity contribution in [1.82, 2.24) is 5.32 Å². The van der Waals surface area contributed by atoms with E-state index in [4.69, 9.17) is 0 Å². The van der Waals surface area contributed by atoms with Gasteiger partial charge in [0, 0.05) is 20.8 Å². The van der Waals surface area contributed by atoms with Gasteiger partial charge in [-0.15, -0.1) is 11.3 Å². The maximum Gasteiger partial charge on any atom is 0.0652 e. The first kappa shape index (κ1) is 12.6. The van der Waals surface area contributed by atoms with Gasteiger partial charge in [-0.1, -0.05) is 19.3 Å². The standard InChI is InChI=1S/C12H18BrNOS/c13-9-6-12(16-8-9)11(7-15)14-10-4-2-1-3-5-10/h6,8,10-11,14-15H,1-5,7H2. The Labute approximate surface area is 109 Å². The second kappa shape index (κ2) is 6.15. The van der Waals surface area contributed by atoms with Crippen molar-refractivity contribution in [2.75, 3.05) is 6.61 Å². The number of aliphatic hydroxyl groups excluding tert-OH is 1. The van der Waals surface area contributed by atoms with Crippen LogP contribution in [0.5, 0.6) is 0 Å². The zero-order valence-corrected chi connectivity index (χ0v) is 11.7. The third kappa shape index (κ3) is 3.29. The van der Waals surface area contributed by atoms with Crippen molar-refractivity contribution in [1.29, 1.82) is 0 Å². The van der Waals surface area contributed by atoms with Crippen LogP contribution < -0.4 is 5.32 Å². The third-order valence-corrected chi connectivity index (χ3v) is 4.96. The fourth-order valence-corrected chi connectivity index (χ4v) is 3.79. The molecule has 1 aliphatic rings. The molecule has 1 unspecified atom stereocenters. The summed E-state index contributed by atoms with van der Waals surface area (Å²) in [6.07, 6.45) is 6.52. The molecule has 0 amide bonds. The summed E-state index contributed by atoms with van der Waals surface area (Å²) in [6.45, 7) is 0.184. The summed E-state index contributed by atoms with van der Waals surface area (Å²) in [6, 6.07) is 2.80. The molecule has 0 radical (unpaired) electrons. The molecule has 16 heavy (non-hydrogen) atoms.